The van der Waals surface area contributed by atoms with Crippen molar-refractivity contribution in [3.05, 3.63) is 3.92 Å². The molecule has 0 saturated carbocycles. The fraction of sp³-hybridized carbons (Fsp3) is 0.667. The van der Waals surface area contributed by atoms with Crippen LogP contribution in [0.5, 0.6) is 0 Å². The summed E-state index contributed by atoms with van der Waals surface area (Å²) in [7, 11) is -2.81. The minimum absolute atomic E-state index is 0.212. The monoisotopic (exact) mass is 297 g/mol. The zero-order valence-corrected chi connectivity index (χ0v) is 10.4. The molecule has 0 bridgehead atoms. The van der Waals surface area contributed by atoms with Crippen molar-refractivity contribution in [1.82, 2.24) is 10.2 Å². The van der Waals surface area contributed by atoms with E-state index in [1.54, 1.807) is 0 Å². The van der Waals surface area contributed by atoms with E-state index < -0.39 is 9.84 Å². The Morgan fingerprint density at radius 1 is 1.29 bits per heavy atom. The molecule has 1 aromatic heterocycles. The molecule has 1 fully saturated rings. The van der Waals surface area contributed by atoms with Gasteiger partial charge >= 0.3 is 0 Å². The molecule has 0 spiro atoms. The summed E-state index contributed by atoms with van der Waals surface area (Å²) in [6, 6.07) is 0. The predicted octanol–water partition coefficient (Wildman–Crippen LogP) is 0.535. The molecule has 2 heterocycles. The topological polar surface area (TPSA) is 63.2 Å². The fourth-order valence-corrected chi connectivity index (χ4v) is 3.57. The molecule has 1 aliphatic heterocycles. The quantitative estimate of drug-likeness (QED) is 0.757. The minimum atomic E-state index is -2.81. The van der Waals surface area contributed by atoms with Crippen LogP contribution in [-0.4, -0.2) is 43.2 Å². The Bertz CT molecular complexity index is 416. The van der Waals surface area contributed by atoms with Gasteiger partial charge in [0.25, 0.3) is 0 Å². The molecule has 1 aromatic rings. The third-order valence-corrected chi connectivity index (χ3v) is 5.03. The second-order valence-corrected chi connectivity index (χ2v) is 7.51. The lowest BCUT2D eigenvalue weighted by Crippen LogP contribution is -2.40. The van der Waals surface area contributed by atoms with Gasteiger partial charge in [0, 0.05) is 13.1 Å². The van der Waals surface area contributed by atoms with Gasteiger partial charge in [0.2, 0.25) is 5.13 Å². The van der Waals surface area contributed by atoms with Crippen LogP contribution >= 0.6 is 27.3 Å². The van der Waals surface area contributed by atoms with Crippen molar-refractivity contribution in [2.45, 2.75) is 0 Å². The van der Waals surface area contributed by atoms with Gasteiger partial charge < -0.3 is 4.90 Å². The number of rotatable bonds is 1. The van der Waals surface area contributed by atoms with Crippen molar-refractivity contribution >= 4 is 42.2 Å². The van der Waals surface area contributed by atoms with Crippen molar-refractivity contribution < 1.29 is 8.42 Å². The molecule has 78 valence electrons. The van der Waals surface area contributed by atoms with Gasteiger partial charge in [-0.05, 0) is 15.9 Å². The van der Waals surface area contributed by atoms with Crippen LogP contribution in [0.25, 0.3) is 0 Å². The zero-order valence-electron chi connectivity index (χ0n) is 7.18. The summed E-state index contributed by atoms with van der Waals surface area (Å²) < 4.78 is 23.1. The lowest BCUT2D eigenvalue weighted by molar-refractivity contribution is 0.586. The van der Waals surface area contributed by atoms with E-state index in [1.807, 2.05) is 4.90 Å². The molecule has 14 heavy (non-hydrogen) atoms. The van der Waals surface area contributed by atoms with Gasteiger partial charge in [-0.15, -0.1) is 10.2 Å². The van der Waals surface area contributed by atoms with Crippen molar-refractivity contribution in [2.24, 2.45) is 0 Å². The summed E-state index contributed by atoms with van der Waals surface area (Å²) >= 11 is 4.64. The van der Waals surface area contributed by atoms with E-state index in [2.05, 4.69) is 26.1 Å². The summed E-state index contributed by atoms with van der Waals surface area (Å²) in [5, 5.41) is 8.55. The second kappa shape index (κ2) is 3.74. The molecule has 0 radical (unpaired) electrons. The summed E-state index contributed by atoms with van der Waals surface area (Å²) in [5.74, 6) is 0.425. The number of hydrogen-bond donors (Lipinski definition) is 0. The molecule has 1 saturated heterocycles. The summed E-state index contributed by atoms with van der Waals surface area (Å²) in [4.78, 5) is 1.95. The number of nitrogens with zero attached hydrogens (tertiary/aromatic N) is 3. The molecular weight excluding hydrogens is 290 g/mol. The van der Waals surface area contributed by atoms with Crippen molar-refractivity contribution in [2.75, 3.05) is 29.5 Å². The number of aromatic nitrogens is 2. The maximum atomic E-state index is 11.2. The summed E-state index contributed by atoms with van der Waals surface area (Å²) in [6.45, 7) is 1.04. The van der Waals surface area contributed by atoms with Gasteiger partial charge in [-0.25, -0.2) is 8.42 Å². The van der Waals surface area contributed by atoms with Gasteiger partial charge in [0.1, 0.15) is 0 Å². The van der Waals surface area contributed by atoms with Crippen LogP contribution in [0.2, 0.25) is 0 Å². The molecule has 8 heteroatoms. The normalized spacial score (nSPS) is 21.1. The molecule has 0 amide bonds. The fourth-order valence-electron chi connectivity index (χ4n) is 1.23. The molecular formula is C6H8BrN3O2S2. The van der Waals surface area contributed by atoms with Crippen molar-refractivity contribution in [1.29, 1.82) is 0 Å². The van der Waals surface area contributed by atoms with E-state index in [1.165, 1.54) is 11.3 Å². The maximum Gasteiger partial charge on any atom is 0.209 e. The standard InChI is InChI=1S/C6H8BrN3O2S2/c7-5-8-9-6(13-5)10-1-3-14(11,12)4-2-10/h1-4H2. The number of anilines is 1. The Morgan fingerprint density at radius 3 is 2.43 bits per heavy atom. The Kier molecular flexibility index (Phi) is 2.76. The first kappa shape index (κ1) is 10.3. The van der Waals surface area contributed by atoms with Gasteiger partial charge in [0.05, 0.1) is 11.5 Å². The van der Waals surface area contributed by atoms with Crippen LogP contribution < -0.4 is 4.90 Å². The summed E-state index contributed by atoms with van der Waals surface area (Å²) in [5.41, 5.74) is 0. The van der Waals surface area contributed by atoms with Gasteiger partial charge in [0.15, 0.2) is 13.8 Å². The molecule has 5 nitrogen and oxygen atoms in total. The highest BCUT2D eigenvalue weighted by atomic mass is 79.9. The molecule has 0 atom stereocenters. The molecule has 0 unspecified atom stereocenters. The van der Waals surface area contributed by atoms with E-state index in [4.69, 9.17) is 0 Å². The number of halogens is 1. The largest absolute Gasteiger partial charge is 0.345 e. The smallest absolute Gasteiger partial charge is 0.209 e. The van der Waals surface area contributed by atoms with E-state index in [9.17, 15) is 8.42 Å². The van der Waals surface area contributed by atoms with Crippen LogP contribution in [0.1, 0.15) is 0 Å². The average molecular weight is 298 g/mol. The molecule has 0 aliphatic carbocycles. The third kappa shape index (κ3) is 2.23. The minimum Gasteiger partial charge on any atom is -0.345 e. The highest BCUT2D eigenvalue weighted by molar-refractivity contribution is 9.11. The number of sulfone groups is 1. The van der Waals surface area contributed by atoms with Crippen LogP contribution in [0.4, 0.5) is 5.13 Å². The van der Waals surface area contributed by atoms with E-state index in [-0.39, 0.29) is 11.5 Å². The van der Waals surface area contributed by atoms with Gasteiger partial charge in [-0.3, -0.25) is 0 Å². The van der Waals surface area contributed by atoms with Crippen LogP contribution in [0, 0.1) is 0 Å². The van der Waals surface area contributed by atoms with Crippen molar-refractivity contribution in [3.8, 4) is 0 Å². The first-order valence-corrected chi connectivity index (χ1v) is 7.44. The average Bonchev–Trinajstić information content (AvgIpc) is 2.52. The predicted molar refractivity (Wildman–Crippen MR) is 58.5 cm³/mol. The lowest BCUT2D eigenvalue weighted by Gasteiger charge is -2.25. The second-order valence-electron chi connectivity index (χ2n) is 2.98. The lowest BCUT2D eigenvalue weighted by atomic mass is 10.5. The van der Waals surface area contributed by atoms with Crippen LogP contribution in [-0.2, 0) is 9.84 Å². The third-order valence-electron chi connectivity index (χ3n) is 2.00. The molecule has 0 N–H and O–H groups in total. The Labute approximate surface area is 94.2 Å². The number of hydrogen-bond acceptors (Lipinski definition) is 6. The first-order chi connectivity index (χ1) is 6.57. The Morgan fingerprint density at radius 2 is 1.93 bits per heavy atom. The van der Waals surface area contributed by atoms with E-state index >= 15 is 0 Å². The first-order valence-electron chi connectivity index (χ1n) is 4.01. The molecule has 1 aliphatic rings. The van der Waals surface area contributed by atoms with Gasteiger partial charge in [-0.2, -0.15) is 0 Å². The van der Waals surface area contributed by atoms with Crippen LogP contribution in [0.15, 0.2) is 3.92 Å². The Balaban J connectivity index is 2.09. The van der Waals surface area contributed by atoms with Gasteiger partial charge in [-0.1, -0.05) is 11.3 Å². The Hall–Kier alpha value is -0.210. The molecule has 0 aromatic carbocycles. The van der Waals surface area contributed by atoms with Crippen LogP contribution in [0.3, 0.4) is 0 Å². The zero-order chi connectivity index (χ0) is 10.2. The summed E-state index contributed by atoms with van der Waals surface area (Å²) in [6.07, 6.45) is 0. The maximum absolute atomic E-state index is 11.2. The van der Waals surface area contributed by atoms with E-state index in [0.29, 0.717) is 13.1 Å². The van der Waals surface area contributed by atoms with Crippen molar-refractivity contribution in [3.63, 3.8) is 0 Å². The highest BCUT2D eigenvalue weighted by Crippen LogP contribution is 2.25. The highest BCUT2D eigenvalue weighted by Gasteiger charge is 2.23. The molecule has 2 rings (SSSR count). The SMILES string of the molecule is O=S1(=O)CCN(c2nnc(Br)s2)CC1. The van der Waals surface area contributed by atoms with E-state index in [0.717, 1.165) is 9.05 Å².